The van der Waals surface area contributed by atoms with Crippen molar-refractivity contribution in [3.8, 4) is 0 Å². The molecule has 1 aromatic heterocycles. The Kier molecular flexibility index (Phi) is 3.31. The Morgan fingerprint density at radius 2 is 1.24 bits per heavy atom. The molecule has 3 aromatic carbocycles. The fourth-order valence-electron chi connectivity index (χ4n) is 3.86. The third-order valence-electron chi connectivity index (χ3n) is 5.06. The molecule has 25 heavy (non-hydrogen) atoms. The van der Waals surface area contributed by atoms with Crippen LogP contribution < -0.4 is 0 Å². The maximum Gasteiger partial charge on any atom is 0.0471 e. The highest BCUT2D eigenvalue weighted by molar-refractivity contribution is 6.10. The average molecular weight is 321 g/mol. The molecule has 0 unspecified atom stereocenters. The van der Waals surface area contributed by atoms with E-state index in [2.05, 4.69) is 89.9 Å². The van der Waals surface area contributed by atoms with Crippen LogP contribution in [0.25, 0.3) is 33.0 Å². The van der Waals surface area contributed by atoms with Crippen molar-refractivity contribution in [2.45, 2.75) is 12.8 Å². The van der Waals surface area contributed by atoms with Gasteiger partial charge in [0.15, 0.2) is 0 Å². The van der Waals surface area contributed by atoms with Gasteiger partial charge in [0.05, 0.1) is 0 Å². The summed E-state index contributed by atoms with van der Waals surface area (Å²) in [5, 5.41) is 2.58. The summed E-state index contributed by atoms with van der Waals surface area (Å²) in [6.07, 6.45) is 6.98. The van der Waals surface area contributed by atoms with Gasteiger partial charge >= 0.3 is 0 Å². The lowest BCUT2D eigenvalue weighted by atomic mass is 9.87. The van der Waals surface area contributed by atoms with Gasteiger partial charge in [0.2, 0.25) is 0 Å². The standard InChI is InChI=1S/C24H19N/c1-2-8-17(9-3-1)19-10-4-5-11-20(19)18-14-15-22-21-12-6-7-13-23(21)25-24(22)16-18/h1-3,6-16,25H,4-5H2. The first-order chi connectivity index (χ1) is 12.4. The van der Waals surface area contributed by atoms with Gasteiger partial charge in [-0.2, -0.15) is 0 Å². The van der Waals surface area contributed by atoms with E-state index in [1.807, 2.05) is 0 Å². The number of benzene rings is 3. The fourth-order valence-corrected chi connectivity index (χ4v) is 3.86. The predicted octanol–water partition coefficient (Wildman–Crippen LogP) is 6.58. The zero-order valence-electron chi connectivity index (χ0n) is 14.0. The SMILES string of the molecule is C1=C(c2ccccc2)C(c2ccc3c(c2)[nH]c2ccccc23)=CCC1. The van der Waals surface area contributed by atoms with Crippen molar-refractivity contribution in [3.05, 3.63) is 96.1 Å². The Hall–Kier alpha value is -3.06. The van der Waals surface area contributed by atoms with E-state index in [0.717, 1.165) is 12.8 Å². The van der Waals surface area contributed by atoms with Gasteiger partial charge in [-0.15, -0.1) is 0 Å². The van der Waals surface area contributed by atoms with Gasteiger partial charge in [-0.25, -0.2) is 0 Å². The molecule has 0 spiro atoms. The molecular weight excluding hydrogens is 302 g/mol. The van der Waals surface area contributed by atoms with Gasteiger partial charge in [0, 0.05) is 21.8 Å². The van der Waals surface area contributed by atoms with Crippen molar-refractivity contribution < 1.29 is 0 Å². The molecule has 0 amide bonds. The van der Waals surface area contributed by atoms with Gasteiger partial charge in [-0.1, -0.05) is 72.8 Å². The summed E-state index contributed by atoms with van der Waals surface area (Å²) < 4.78 is 0. The summed E-state index contributed by atoms with van der Waals surface area (Å²) in [4.78, 5) is 3.57. The second-order valence-corrected chi connectivity index (χ2v) is 6.61. The highest BCUT2D eigenvalue weighted by Gasteiger charge is 2.14. The van der Waals surface area contributed by atoms with Crippen LogP contribution in [-0.2, 0) is 0 Å². The van der Waals surface area contributed by atoms with E-state index < -0.39 is 0 Å². The largest absolute Gasteiger partial charge is 0.354 e. The predicted molar refractivity (Wildman–Crippen MR) is 107 cm³/mol. The number of hydrogen-bond acceptors (Lipinski definition) is 0. The second-order valence-electron chi connectivity index (χ2n) is 6.61. The Bertz CT molecular complexity index is 1130. The summed E-state index contributed by atoms with van der Waals surface area (Å²) in [7, 11) is 0. The summed E-state index contributed by atoms with van der Waals surface area (Å²) in [6.45, 7) is 0. The Labute approximate surface area is 147 Å². The minimum absolute atomic E-state index is 1.11. The maximum atomic E-state index is 3.57. The number of nitrogens with one attached hydrogen (secondary N) is 1. The molecule has 0 atom stereocenters. The van der Waals surface area contributed by atoms with E-state index in [1.54, 1.807) is 0 Å². The van der Waals surface area contributed by atoms with Crippen LogP contribution in [0.1, 0.15) is 24.0 Å². The zero-order chi connectivity index (χ0) is 16.6. The molecule has 4 aromatic rings. The first kappa shape index (κ1) is 14.3. The molecule has 1 nitrogen and oxygen atoms in total. The van der Waals surface area contributed by atoms with E-state index in [1.165, 1.54) is 44.1 Å². The monoisotopic (exact) mass is 321 g/mol. The molecule has 0 radical (unpaired) electrons. The summed E-state index contributed by atoms with van der Waals surface area (Å²) in [5.74, 6) is 0. The number of allylic oxidation sites excluding steroid dienone is 4. The molecule has 0 fully saturated rings. The van der Waals surface area contributed by atoms with Crippen LogP contribution >= 0.6 is 0 Å². The van der Waals surface area contributed by atoms with Crippen molar-refractivity contribution in [1.82, 2.24) is 4.98 Å². The Morgan fingerprint density at radius 3 is 2.08 bits per heavy atom. The number of H-pyrrole nitrogens is 1. The summed E-state index contributed by atoms with van der Waals surface area (Å²) in [6, 6.07) is 26.0. The summed E-state index contributed by atoms with van der Waals surface area (Å²) >= 11 is 0. The van der Waals surface area contributed by atoms with Crippen molar-refractivity contribution in [2.24, 2.45) is 0 Å². The molecule has 0 saturated heterocycles. The molecule has 120 valence electrons. The number of fused-ring (bicyclic) bond motifs is 3. The lowest BCUT2D eigenvalue weighted by molar-refractivity contribution is 1.04. The van der Waals surface area contributed by atoms with Crippen LogP contribution in [0.15, 0.2) is 84.9 Å². The minimum Gasteiger partial charge on any atom is -0.354 e. The smallest absolute Gasteiger partial charge is 0.0471 e. The highest BCUT2D eigenvalue weighted by Crippen LogP contribution is 2.37. The van der Waals surface area contributed by atoms with Gasteiger partial charge in [-0.05, 0) is 47.2 Å². The first-order valence-corrected chi connectivity index (χ1v) is 8.87. The van der Waals surface area contributed by atoms with Gasteiger partial charge < -0.3 is 4.98 Å². The number of aromatic amines is 1. The van der Waals surface area contributed by atoms with E-state index >= 15 is 0 Å². The lowest BCUT2D eigenvalue weighted by Gasteiger charge is -2.17. The molecule has 0 saturated carbocycles. The third-order valence-corrected chi connectivity index (χ3v) is 5.06. The lowest BCUT2D eigenvalue weighted by Crippen LogP contribution is -1.95. The molecule has 0 bridgehead atoms. The number of aromatic nitrogens is 1. The molecule has 5 rings (SSSR count). The van der Waals surface area contributed by atoms with Crippen LogP contribution in [0.4, 0.5) is 0 Å². The number of hydrogen-bond donors (Lipinski definition) is 1. The van der Waals surface area contributed by atoms with Crippen molar-refractivity contribution in [1.29, 1.82) is 0 Å². The Balaban J connectivity index is 1.65. The van der Waals surface area contributed by atoms with Gasteiger partial charge in [0.1, 0.15) is 0 Å². The van der Waals surface area contributed by atoms with Crippen molar-refractivity contribution in [2.75, 3.05) is 0 Å². The van der Waals surface area contributed by atoms with Crippen LogP contribution in [0.5, 0.6) is 0 Å². The van der Waals surface area contributed by atoms with Crippen LogP contribution in [0, 0.1) is 0 Å². The molecular formula is C24H19N. The Morgan fingerprint density at radius 1 is 0.560 bits per heavy atom. The molecule has 1 N–H and O–H groups in total. The topological polar surface area (TPSA) is 15.8 Å². The zero-order valence-corrected chi connectivity index (χ0v) is 14.0. The maximum absolute atomic E-state index is 3.57. The minimum atomic E-state index is 1.11. The third kappa shape index (κ3) is 2.40. The first-order valence-electron chi connectivity index (χ1n) is 8.87. The normalized spacial score (nSPS) is 14.6. The fraction of sp³-hybridized carbons (Fsp3) is 0.0833. The molecule has 1 aliphatic rings. The van der Waals surface area contributed by atoms with E-state index in [4.69, 9.17) is 0 Å². The van der Waals surface area contributed by atoms with Gasteiger partial charge in [-0.3, -0.25) is 0 Å². The van der Waals surface area contributed by atoms with Crippen LogP contribution in [-0.4, -0.2) is 4.98 Å². The summed E-state index contributed by atoms with van der Waals surface area (Å²) in [5.41, 5.74) is 7.68. The van der Waals surface area contributed by atoms with Crippen molar-refractivity contribution >= 4 is 33.0 Å². The molecule has 1 heteroatoms. The van der Waals surface area contributed by atoms with Gasteiger partial charge in [0.25, 0.3) is 0 Å². The number of rotatable bonds is 2. The van der Waals surface area contributed by atoms with E-state index in [9.17, 15) is 0 Å². The quantitative estimate of drug-likeness (QED) is 0.429. The van der Waals surface area contributed by atoms with E-state index in [-0.39, 0.29) is 0 Å². The molecule has 1 heterocycles. The highest BCUT2D eigenvalue weighted by atomic mass is 14.7. The van der Waals surface area contributed by atoms with E-state index in [0.29, 0.717) is 0 Å². The average Bonchev–Trinajstić information content (AvgIpc) is 3.06. The number of para-hydroxylation sites is 1. The molecule has 1 aliphatic carbocycles. The second kappa shape index (κ2) is 5.78. The molecule has 0 aliphatic heterocycles. The van der Waals surface area contributed by atoms with Crippen LogP contribution in [0.2, 0.25) is 0 Å². The van der Waals surface area contributed by atoms with Crippen LogP contribution in [0.3, 0.4) is 0 Å². The van der Waals surface area contributed by atoms with Crippen molar-refractivity contribution in [3.63, 3.8) is 0 Å².